The molecule has 0 aliphatic carbocycles. The SMILES string of the molecule is CCNC(=O)CN(C)C(=O)N1CCC(CCC(=O)O)CC1. The molecule has 1 aliphatic heterocycles. The summed E-state index contributed by atoms with van der Waals surface area (Å²) in [6, 6.07) is -0.141. The average Bonchev–Trinajstić information content (AvgIpc) is 2.45. The third kappa shape index (κ3) is 6.01. The van der Waals surface area contributed by atoms with Crippen LogP contribution in [0.4, 0.5) is 4.79 Å². The topological polar surface area (TPSA) is 90.0 Å². The van der Waals surface area contributed by atoms with Crippen molar-refractivity contribution >= 4 is 17.9 Å². The number of urea groups is 1. The molecule has 7 nitrogen and oxygen atoms in total. The highest BCUT2D eigenvalue weighted by Gasteiger charge is 2.25. The Morgan fingerprint density at radius 1 is 1.29 bits per heavy atom. The number of rotatable bonds is 6. The number of likely N-dealkylation sites (N-methyl/N-ethyl adjacent to an activating group) is 2. The van der Waals surface area contributed by atoms with Crippen molar-refractivity contribution in [2.75, 3.05) is 33.2 Å². The van der Waals surface area contributed by atoms with E-state index in [0.717, 1.165) is 12.8 Å². The Kier molecular flexibility index (Phi) is 6.98. The normalized spacial score (nSPS) is 15.6. The molecular weight excluding hydrogens is 274 g/mol. The van der Waals surface area contributed by atoms with Crippen LogP contribution in [0.5, 0.6) is 0 Å². The smallest absolute Gasteiger partial charge is 0.320 e. The number of piperidine rings is 1. The number of carboxylic acid groups (broad SMARTS) is 1. The standard InChI is InChI=1S/C14H25N3O4/c1-3-15-12(18)10-16(2)14(21)17-8-6-11(7-9-17)4-5-13(19)20/h11H,3-10H2,1-2H3,(H,15,18)(H,19,20). The van der Waals surface area contributed by atoms with Gasteiger partial charge in [0.15, 0.2) is 0 Å². The second kappa shape index (κ2) is 8.49. The zero-order chi connectivity index (χ0) is 15.8. The van der Waals surface area contributed by atoms with Crippen LogP contribution in [0.3, 0.4) is 0 Å². The van der Waals surface area contributed by atoms with Crippen LogP contribution < -0.4 is 5.32 Å². The summed E-state index contributed by atoms with van der Waals surface area (Å²) in [5.41, 5.74) is 0. The maximum absolute atomic E-state index is 12.2. The summed E-state index contributed by atoms with van der Waals surface area (Å²) in [7, 11) is 1.62. The zero-order valence-corrected chi connectivity index (χ0v) is 12.8. The maximum atomic E-state index is 12.2. The molecule has 21 heavy (non-hydrogen) atoms. The van der Waals surface area contributed by atoms with Gasteiger partial charge < -0.3 is 20.2 Å². The van der Waals surface area contributed by atoms with Gasteiger partial charge in [-0.2, -0.15) is 0 Å². The lowest BCUT2D eigenvalue weighted by molar-refractivity contribution is -0.137. The van der Waals surface area contributed by atoms with Gasteiger partial charge in [0.05, 0.1) is 0 Å². The molecule has 0 aromatic carbocycles. The van der Waals surface area contributed by atoms with Crippen molar-refractivity contribution in [2.24, 2.45) is 5.92 Å². The summed E-state index contributed by atoms with van der Waals surface area (Å²) in [5, 5.41) is 11.3. The van der Waals surface area contributed by atoms with E-state index in [9.17, 15) is 14.4 Å². The lowest BCUT2D eigenvalue weighted by Crippen LogP contribution is -2.48. The number of carboxylic acids is 1. The van der Waals surface area contributed by atoms with Crippen molar-refractivity contribution in [3.8, 4) is 0 Å². The highest BCUT2D eigenvalue weighted by Crippen LogP contribution is 2.22. The number of nitrogens with one attached hydrogen (secondary N) is 1. The Morgan fingerprint density at radius 3 is 2.43 bits per heavy atom. The summed E-state index contributed by atoms with van der Waals surface area (Å²) in [5.74, 6) is -0.557. The monoisotopic (exact) mass is 299 g/mol. The van der Waals surface area contributed by atoms with Crippen LogP contribution >= 0.6 is 0 Å². The number of carbonyl (C=O) groups excluding carboxylic acids is 2. The van der Waals surface area contributed by atoms with Crippen LogP contribution in [0.1, 0.15) is 32.6 Å². The van der Waals surface area contributed by atoms with Crippen molar-refractivity contribution in [2.45, 2.75) is 32.6 Å². The van der Waals surface area contributed by atoms with Gasteiger partial charge in [0.1, 0.15) is 6.54 Å². The zero-order valence-electron chi connectivity index (χ0n) is 12.8. The van der Waals surface area contributed by atoms with Crippen molar-refractivity contribution in [3.63, 3.8) is 0 Å². The number of hydrogen-bond donors (Lipinski definition) is 2. The minimum absolute atomic E-state index is 0.0611. The summed E-state index contributed by atoms with van der Waals surface area (Å²) in [6.07, 6.45) is 2.52. The lowest BCUT2D eigenvalue weighted by Gasteiger charge is -2.34. The largest absolute Gasteiger partial charge is 0.481 e. The van der Waals surface area contributed by atoms with E-state index < -0.39 is 5.97 Å². The molecule has 1 saturated heterocycles. The number of amides is 3. The molecule has 0 saturated carbocycles. The van der Waals surface area contributed by atoms with Crippen molar-refractivity contribution < 1.29 is 19.5 Å². The Balaban J connectivity index is 2.34. The van der Waals surface area contributed by atoms with E-state index in [1.54, 1.807) is 11.9 Å². The van der Waals surface area contributed by atoms with E-state index in [4.69, 9.17) is 5.11 Å². The third-order valence-corrected chi connectivity index (χ3v) is 3.73. The summed E-state index contributed by atoms with van der Waals surface area (Å²) in [4.78, 5) is 37.4. The molecule has 0 bridgehead atoms. The Bertz CT molecular complexity index is 378. The minimum atomic E-state index is -0.768. The van der Waals surface area contributed by atoms with Crippen LogP contribution in [0.25, 0.3) is 0 Å². The second-order valence-corrected chi connectivity index (χ2v) is 5.45. The molecule has 0 unspecified atom stereocenters. The van der Waals surface area contributed by atoms with Crippen LogP contribution in [0, 0.1) is 5.92 Å². The van der Waals surface area contributed by atoms with Crippen molar-refractivity contribution in [1.29, 1.82) is 0 Å². The molecule has 1 rings (SSSR count). The lowest BCUT2D eigenvalue weighted by atomic mass is 9.92. The molecule has 1 fully saturated rings. The van der Waals surface area contributed by atoms with E-state index in [1.807, 2.05) is 6.92 Å². The first-order valence-corrected chi connectivity index (χ1v) is 7.42. The quantitative estimate of drug-likeness (QED) is 0.757. The van der Waals surface area contributed by atoms with E-state index >= 15 is 0 Å². The van der Waals surface area contributed by atoms with E-state index in [0.29, 0.717) is 32.0 Å². The number of carbonyl (C=O) groups is 3. The summed E-state index contributed by atoms with van der Waals surface area (Å²) in [6.45, 7) is 3.70. The number of likely N-dealkylation sites (tertiary alicyclic amines) is 1. The van der Waals surface area contributed by atoms with Crippen molar-refractivity contribution in [1.82, 2.24) is 15.1 Å². The Morgan fingerprint density at radius 2 is 1.90 bits per heavy atom. The van der Waals surface area contributed by atoms with E-state index in [1.165, 1.54) is 4.90 Å². The number of nitrogens with zero attached hydrogens (tertiary/aromatic N) is 2. The highest BCUT2D eigenvalue weighted by molar-refractivity contribution is 5.83. The summed E-state index contributed by atoms with van der Waals surface area (Å²) < 4.78 is 0. The molecule has 7 heteroatoms. The van der Waals surface area contributed by atoms with Crippen LogP contribution in [-0.4, -0.2) is 66.0 Å². The maximum Gasteiger partial charge on any atom is 0.320 e. The first kappa shape index (κ1) is 17.3. The van der Waals surface area contributed by atoms with Gasteiger partial charge in [-0.05, 0) is 32.1 Å². The van der Waals surface area contributed by atoms with Gasteiger partial charge >= 0.3 is 12.0 Å². The van der Waals surface area contributed by atoms with E-state index in [-0.39, 0.29) is 24.9 Å². The van der Waals surface area contributed by atoms with Crippen LogP contribution in [0.15, 0.2) is 0 Å². The van der Waals surface area contributed by atoms with Gasteiger partial charge in [0.25, 0.3) is 0 Å². The Labute approximate surface area is 125 Å². The molecule has 1 aliphatic rings. The molecule has 0 aromatic rings. The molecule has 0 radical (unpaired) electrons. The molecule has 2 N–H and O–H groups in total. The number of hydrogen-bond acceptors (Lipinski definition) is 3. The fraction of sp³-hybridized carbons (Fsp3) is 0.786. The second-order valence-electron chi connectivity index (χ2n) is 5.45. The fourth-order valence-electron chi connectivity index (χ4n) is 2.52. The minimum Gasteiger partial charge on any atom is -0.481 e. The molecule has 0 spiro atoms. The molecular formula is C14H25N3O4. The predicted octanol–water partition coefficient (Wildman–Crippen LogP) is 0.751. The third-order valence-electron chi connectivity index (χ3n) is 3.73. The molecule has 3 amide bonds. The van der Waals surface area contributed by atoms with Crippen molar-refractivity contribution in [3.05, 3.63) is 0 Å². The van der Waals surface area contributed by atoms with Gasteiger partial charge in [-0.15, -0.1) is 0 Å². The Hall–Kier alpha value is -1.79. The predicted molar refractivity (Wildman–Crippen MR) is 77.9 cm³/mol. The summed E-state index contributed by atoms with van der Waals surface area (Å²) >= 11 is 0. The van der Waals surface area contributed by atoms with Crippen LogP contribution in [0.2, 0.25) is 0 Å². The first-order chi connectivity index (χ1) is 9.93. The highest BCUT2D eigenvalue weighted by atomic mass is 16.4. The van der Waals surface area contributed by atoms with Gasteiger partial charge in [-0.25, -0.2) is 4.79 Å². The first-order valence-electron chi connectivity index (χ1n) is 7.42. The van der Waals surface area contributed by atoms with Gasteiger partial charge in [-0.3, -0.25) is 9.59 Å². The fourth-order valence-corrected chi connectivity index (χ4v) is 2.52. The molecule has 120 valence electrons. The van der Waals surface area contributed by atoms with E-state index in [2.05, 4.69) is 5.32 Å². The van der Waals surface area contributed by atoms with Gasteiger partial charge in [-0.1, -0.05) is 0 Å². The van der Waals surface area contributed by atoms with Gasteiger partial charge in [0.2, 0.25) is 5.91 Å². The number of aliphatic carboxylic acids is 1. The van der Waals surface area contributed by atoms with Gasteiger partial charge in [0, 0.05) is 33.1 Å². The molecule has 0 aromatic heterocycles. The average molecular weight is 299 g/mol. The molecule has 1 heterocycles. The van der Waals surface area contributed by atoms with Crippen LogP contribution in [-0.2, 0) is 9.59 Å². The molecule has 0 atom stereocenters.